The first-order chi connectivity index (χ1) is 4.43. The summed E-state index contributed by atoms with van der Waals surface area (Å²) in [4.78, 5) is 0. The van der Waals surface area contributed by atoms with E-state index in [2.05, 4.69) is 12.2 Å². The van der Waals surface area contributed by atoms with E-state index in [-0.39, 0.29) is 0 Å². The molecule has 0 amide bonds. The fraction of sp³-hybridized carbons (Fsp3) is 0.875. The first-order valence-corrected chi connectivity index (χ1v) is 4.02. The third-order valence-electron chi connectivity index (χ3n) is 1.83. The second-order valence-corrected chi connectivity index (χ2v) is 2.74. The van der Waals surface area contributed by atoms with Gasteiger partial charge in [-0.15, -0.1) is 0 Å². The molecule has 0 spiro atoms. The average Bonchev–Trinajstić information content (AvgIpc) is 2.34. The second-order valence-electron chi connectivity index (χ2n) is 2.74. The van der Waals surface area contributed by atoms with E-state index in [1.807, 2.05) is 0 Å². The van der Waals surface area contributed by atoms with Crippen molar-refractivity contribution in [1.29, 1.82) is 0 Å². The van der Waals surface area contributed by atoms with Crippen LogP contribution >= 0.6 is 0 Å². The van der Waals surface area contributed by atoms with Crippen molar-refractivity contribution in [3.63, 3.8) is 0 Å². The van der Waals surface area contributed by atoms with Gasteiger partial charge in [-0.25, -0.2) is 0 Å². The average molecular weight is 126 g/mol. The lowest BCUT2D eigenvalue weighted by atomic mass is 10.2. The summed E-state index contributed by atoms with van der Waals surface area (Å²) < 4.78 is 0. The molecule has 9 heavy (non-hydrogen) atoms. The summed E-state index contributed by atoms with van der Waals surface area (Å²) in [6, 6.07) is 1.59. The van der Waals surface area contributed by atoms with Gasteiger partial charge >= 0.3 is 0 Å². The Morgan fingerprint density at radius 1 is 1.33 bits per heavy atom. The van der Waals surface area contributed by atoms with Crippen molar-refractivity contribution >= 4 is 0 Å². The fourth-order valence-electron chi connectivity index (χ4n) is 1.28. The molecule has 0 bridgehead atoms. The third-order valence-corrected chi connectivity index (χ3v) is 1.83. The summed E-state index contributed by atoms with van der Waals surface area (Å²) in [7, 11) is 0. The Labute approximate surface area is 57.8 Å². The molecule has 0 heterocycles. The van der Waals surface area contributed by atoms with Gasteiger partial charge in [0, 0.05) is 6.04 Å². The zero-order valence-corrected chi connectivity index (χ0v) is 6.24. The van der Waals surface area contributed by atoms with Crippen molar-refractivity contribution in [2.24, 2.45) is 0 Å². The SMILES string of the molecule is CCCN[C]1CCCC1. The largest absolute Gasteiger partial charge is 0.310 e. The standard InChI is InChI=1S/C8H16N/c1-2-7-9-8-5-3-4-6-8/h9H,2-7H2,1H3. The molecule has 1 nitrogen and oxygen atoms in total. The lowest BCUT2D eigenvalue weighted by Crippen LogP contribution is -2.18. The molecular formula is C8H16N. The van der Waals surface area contributed by atoms with Gasteiger partial charge in [0.1, 0.15) is 0 Å². The van der Waals surface area contributed by atoms with E-state index in [1.54, 1.807) is 6.04 Å². The number of hydrogen-bond acceptors (Lipinski definition) is 1. The van der Waals surface area contributed by atoms with E-state index >= 15 is 0 Å². The second kappa shape index (κ2) is 3.89. The molecule has 1 heteroatoms. The molecule has 0 unspecified atom stereocenters. The lowest BCUT2D eigenvalue weighted by molar-refractivity contribution is 0.646. The van der Waals surface area contributed by atoms with Crippen molar-refractivity contribution in [2.75, 3.05) is 6.54 Å². The van der Waals surface area contributed by atoms with Gasteiger partial charge < -0.3 is 5.32 Å². The molecule has 1 saturated carbocycles. The van der Waals surface area contributed by atoms with E-state index in [0.29, 0.717) is 0 Å². The minimum absolute atomic E-state index is 1.18. The Balaban J connectivity index is 1.98. The molecule has 1 aliphatic rings. The van der Waals surface area contributed by atoms with Crippen LogP contribution in [-0.4, -0.2) is 6.54 Å². The van der Waals surface area contributed by atoms with Crippen LogP contribution in [0.2, 0.25) is 0 Å². The molecule has 1 fully saturated rings. The van der Waals surface area contributed by atoms with Crippen LogP contribution < -0.4 is 5.32 Å². The van der Waals surface area contributed by atoms with E-state index in [4.69, 9.17) is 0 Å². The van der Waals surface area contributed by atoms with Crippen molar-refractivity contribution in [2.45, 2.75) is 39.0 Å². The first kappa shape index (κ1) is 7.07. The number of nitrogens with one attached hydrogen (secondary N) is 1. The quantitative estimate of drug-likeness (QED) is 0.610. The molecule has 0 aromatic rings. The van der Waals surface area contributed by atoms with Gasteiger partial charge in [-0.05, 0) is 25.8 Å². The molecule has 1 aliphatic carbocycles. The van der Waals surface area contributed by atoms with Crippen LogP contribution in [0.3, 0.4) is 0 Å². The third kappa shape index (κ3) is 2.35. The minimum atomic E-state index is 1.18. The minimum Gasteiger partial charge on any atom is -0.310 e. The van der Waals surface area contributed by atoms with Gasteiger partial charge in [0.2, 0.25) is 0 Å². The summed E-state index contributed by atoms with van der Waals surface area (Å²) in [6.45, 7) is 3.39. The highest BCUT2D eigenvalue weighted by atomic mass is 14.9. The van der Waals surface area contributed by atoms with Gasteiger partial charge in [-0.1, -0.05) is 19.8 Å². The topological polar surface area (TPSA) is 12.0 Å². The first-order valence-electron chi connectivity index (χ1n) is 4.02. The van der Waals surface area contributed by atoms with Gasteiger partial charge in [0.25, 0.3) is 0 Å². The van der Waals surface area contributed by atoms with Gasteiger partial charge in [-0.3, -0.25) is 0 Å². The monoisotopic (exact) mass is 126 g/mol. The smallest absolute Gasteiger partial charge is 0.0363 e. The van der Waals surface area contributed by atoms with Crippen molar-refractivity contribution < 1.29 is 0 Å². The molecule has 0 aliphatic heterocycles. The summed E-state index contributed by atoms with van der Waals surface area (Å²) in [6.07, 6.45) is 6.74. The van der Waals surface area contributed by atoms with Crippen LogP contribution in [-0.2, 0) is 0 Å². The summed E-state index contributed by atoms with van der Waals surface area (Å²) in [5.41, 5.74) is 0. The molecule has 53 valence electrons. The van der Waals surface area contributed by atoms with Crippen molar-refractivity contribution in [3.05, 3.63) is 6.04 Å². The molecule has 0 aromatic heterocycles. The Morgan fingerprint density at radius 2 is 2.00 bits per heavy atom. The highest BCUT2D eigenvalue weighted by Crippen LogP contribution is 2.23. The normalized spacial score (nSPS) is 21.0. The van der Waals surface area contributed by atoms with Crippen LogP contribution in [0.1, 0.15) is 39.0 Å². The number of hydrogen-bond donors (Lipinski definition) is 1. The molecule has 1 radical (unpaired) electrons. The summed E-state index contributed by atoms with van der Waals surface area (Å²) in [5.74, 6) is 0. The van der Waals surface area contributed by atoms with Crippen molar-refractivity contribution in [1.82, 2.24) is 5.32 Å². The van der Waals surface area contributed by atoms with Crippen LogP contribution in [0.5, 0.6) is 0 Å². The highest BCUT2D eigenvalue weighted by molar-refractivity contribution is 4.91. The predicted octanol–water partition coefficient (Wildman–Crippen LogP) is 2.09. The molecule has 0 saturated heterocycles. The van der Waals surface area contributed by atoms with Crippen molar-refractivity contribution in [3.8, 4) is 0 Å². The van der Waals surface area contributed by atoms with Gasteiger partial charge in [0.05, 0.1) is 0 Å². The highest BCUT2D eigenvalue weighted by Gasteiger charge is 2.13. The Morgan fingerprint density at radius 3 is 2.56 bits per heavy atom. The molecule has 1 rings (SSSR count). The summed E-state index contributed by atoms with van der Waals surface area (Å²) >= 11 is 0. The fourth-order valence-corrected chi connectivity index (χ4v) is 1.28. The molecule has 1 N–H and O–H groups in total. The zero-order valence-electron chi connectivity index (χ0n) is 6.24. The maximum Gasteiger partial charge on any atom is 0.0363 e. The van der Waals surface area contributed by atoms with Gasteiger partial charge in [-0.2, -0.15) is 0 Å². The summed E-state index contributed by atoms with van der Waals surface area (Å²) in [5, 5.41) is 3.45. The Hall–Kier alpha value is -0.0400. The molecule has 0 aromatic carbocycles. The Bertz CT molecular complexity index is 65.0. The maximum absolute atomic E-state index is 3.45. The van der Waals surface area contributed by atoms with Crippen LogP contribution in [0.25, 0.3) is 0 Å². The zero-order chi connectivity index (χ0) is 6.53. The predicted molar refractivity (Wildman–Crippen MR) is 40.0 cm³/mol. The Kier molecular flexibility index (Phi) is 3.05. The van der Waals surface area contributed by atoms with Crippen LogP contribution in [0.15, 0.2) is 0 Å². The molecule has 0 atom stereocenters. The van der Waals surface area contributed by atoms with E-state index in [0.717, 1.165) is 0 Å². The lowest BCUT2D eigenvalue weighted by Gasteiger charge is -2.07. The van der Waals surface area contributed by atoms with Crippen LogP contribution in [0, 0.1) is 6.04 Å². The maximum atomic E-state index is 3.45. The van der Waals surface area contributed by atoms with E-state index in [9.17, 15) is 0 Å². The number of rotatable bonds is 3. The van der Waals surface area contributed by atoms with Crippen LogP contribution in [0.4, 0.5) is 0 Å². The van der Waals surface area contributed by atoms with E-state index < -0.39 is 0 Å². The molecular weight excluding hydrogens is 110 g/mol. The van der Waals surface area contributed by atoms with E-state index in [1.165, 1.54) is 38.6 Å². The van der Waals surface area contributed by atoms with Gasteiger partial charge in [0.15, 0.2) is 0 Å².